The largest absolute Gasteiger partial charge is 0.439 e. The predicted molar refractivity (Wildman–Crippen MR) is 126 cm³/mol. The summed E-state index contributed by atoms with van der Waals surface area (Å²) in [5.74, 6) is -0.522. The maximum atomic E-state index is 13.6. The first kappa shape index (κ1) is 21.9. The number of likely N-dealkylation sites (tertiary alicyclic amines) is 1. The second-order valence-corrected chi connectivity index (χ2v) is 8.83. The molecule has 3 heterocycles. The van der Waals surface area contributed by atoms with E-state index in [-0.39, 0.29) is 12.5 Å². The number of benzene rings is 2. The Morgan fingerprint density at radius 2 is 1.97 bits per heavy atom. The van der Waals surface area contributed by atoms with E-state index in [1.165, 1.54) is 17.0 Å². The number of amides is 2. The van der Waals surface area contributed by atoms with Gasteiger partial charge in [0.15, 0.2) is 5.60 Å². The number of aromatic nitrogens is 1. The second kappa shape index (κ2) is 8.78. The Kier molecular flexibility index (Phi) is 5.65. The van der Waals surface area contributed by atoms with Crippen LogP contribution in [0.15, 0.2) is 67.0 Å². The van der Waals surface area contributed by atoms with E-state index >= 15 is 0 Å². The van der Waals surface area contributed by atoms with Gasteiger partial charge >= 0.3 is 6.09 Å². The smallest absolute Gasteiger partial charge is 0.415 e. The van der Waals surface area contributed by atoms with Gasteiger partial charge in [-0.05, 0) is 60.5 Å². The van der Waals surface area contributed by atoms with Gasteiger partial charge in [0.1, 0.15) is 5.82 Å². The molecule has 8 heteroatoms. The Hall–Kier alpha value is -3.94. The monoisotopic (exact) mass is 460 g/mol. The average Bonchev–Trinajstić information content (AvgIpc) is 3.41. The standard InChI is InChI=1S/C26H25FN4O3/c1-18-5-6-20(13-23(18)29-15-19-7-10-28-11-8-19)24(32)30-12-9-26(16-30)17-31(25(33)34-26)22-4-2-3-21(27)14-22/h2-8,10-11,13-14,29H,9,12,15-17H2,1H3/t26-/m0/s1. The number of anilines is 2. The number of nitrogens with one attached hydrogen (secondary N) is 1. The molecule has 34 heavy (non-hydrogen) atoms. The predicted octanol–water partition coefficient (Wildman–Crippen LogP) is 4.38. The lowest BCUT2D eigenvalue weighted by atomic mass is 10.0. The minimum Gasteiger partial charge on any atom is -0.439 e. The van der Waals surface area contributed by atoms with Crippen molar-refractivity contribution in [1.29, 1.82) is 0 Å². The molecule has 2 aliphatic rings. The van der Waals surface area contributed by atoms with Crippen LogP contribution < -0.4 is 10.2 Å². The SMILES string of the molecule is Cc1ccc(C(=O)N2CC[C@]3(C2)CN(c2cccc(F)c2)C(=O)O3)cc1NCc1ccncc1. The summed E-state index contributed by atoms with van der Waals surface area (Å²) in [5, 5.41) is 3.39. The van der Waals surface area contributed by atoms with Crippen LogP contribution in [0.4, 0.5) is 20.6 Å². The van der Waals surface area contributed by atoms with Crippen LogP contribution in [0.1, 0.15) is 27.9 Å². The molecule has 1 atom stereocenters. The topological polar surface area (TPSA) is 74.8 Å². The van der Waals surface area contributed by atoms with Gasteiger partial charge in [0.05, 0.1) is 18.8 Å². The quantitative estimate of drug-likeness (QED) is 0.612. The van der Waals surface area contributed by atoms with Gasteiger partial charge in [0.2, 0.25) is 0 Å². The first-order valence-corrected chi connectivity index (χ1v) is 11.2. The molecule has 7 nitrogen and oxygen atoms in total. The molecule has 0 radical (unpaired) electrons. The number of carbonyl (C=O) groups excluding carboxylic acids is 2. The third-order valence-corrected chi connectivity index (χ3v) is 6.41. The maximum Gasteiger partial charge on any atom is 0.415 e. The van der Waals surface area contributed by atoms with Crippen LogP contribution in [0.25, 0.3) is 0 Å². The van der Waals surface area contributed by atoms with Crippen LogP contribution >= 0.6 is 0 Å². The molecule has 2 amide bonds. The van der Waals surface area contributed by atoms with Gasteiger partial charge in [-0.3, -0.25) is 14.7 Å². The number of rotatable bonds is 5. The Morgan fingerprint density at radius 1 is 1.15 bits per heavy atom. The highest BCUT2D eigenvalue weighted by Gasteiger charge is 2.51. The van der Waals surface area contributed by atoms with E-state index in [9.17, 15) is 14.0 Å². The van der Waals surface area contributed by atoms with Crippen LogP contribution in [0.3, 0.4) is 0 Å². The Morgan fingerprint density at radius 3 is 2.76 bits per heavy atom. The van der Waals surface area contributed by atoms with Crippen molar-refractivity contribution in [3.63, 3.8) is 0 Å². The number of nitrogens with zero attached hydrogens (tertiary/aromatic N) is 3. The number of hydrogen-bond donors (Lipinski definition) is 1. The van der Waals surface area contributed by atoms with E-state index in [4.69, 9.17) is 4.74 Å². The van der Waals surface area contributed by atoms with Crippen molar-refractivity contribution in [3.8, 4) is 0 Å². The average molecular weight is 461 g/mol. The Balaban J connectivity index is 1.28. The Bertz CT molecular complexity index is 1240. The number of hydrogen-bond acceptors (Lipinski definition) is 5. The molecule has 0 bridgehead atoms. The van der Waals surface area contributed by atoms with Gasteiger partial charge in [-0.1, -0.05) is 12.1 Å². The Labute approximate surface area is 197 Å². The van der Waals surface area contributed by atoms with Gasteiger partial charge in [-0.25, -0.2) is 9.18 Å². The fourth-order valence-electron chi connectivity index (χ4n) is 4.52. The fraction of sp³-hybridized carbons (Fsp3) is 0.269. The summed E-state index contributed by atoms with van der Waals surface area (Å²) in [6, 6.07) is 15.4. The van der Waals surface area contributed by atoms with Crippen LogP contribution in [-0.2, 0) is 11.3 Å². The summed E-state index contributed by atoms with van der Waals surface area (Å²) in [6.45, 7) is 3.69. The molecule has 3 aromatic rings. The molecule has 2 aromatic carbocycles. The fourth-order valence-corrected chi connectivity index (χ4v) is 4.52. The lowest BCUT2D eigenvalue weighted by Crippen LogP contribution is -2.39. The van der Waals surface area contributed by atoms with Gasteiger partial charge in [0.25, 0.3) is 5.91 Å². The van der Waals surface area contributed by atoms with Crippen molar-refractivity contribution in [2.45, 2.75) is 25.5 Å². The minimum absolute atomic E-state index is 0.107. The highest BCUT2D eigenvalue weighted by atomic mass is 19.1. The van der Waals surface area contributed by atoms with Crippen molar-refractivity contribution < 1.29 is 18.7 Å². The highest BCUT2D eigenvalue weighted by Crippen LogP contribution is 2.36. The van der Waals surface area contributed by atoms with E-state index in [1.54, 1.807) is 29.4 Å². The van der Waals surface area contributed by atoms with E-state index in [0.717, 1.165) is 16.8 Å². The molecule has 5 rings (SSSR count). The van der Waals surface area contributed by atoms with Crippen LogP contribution in [-0.4, -0.2) is 47.1 Å². The summed E-state index contributed by atoms with van der Waals surface area (Å²) >= 11 is 0. The van der Waals surface area contributed by atoms with Crippen LogP contribution in [0.5, 0.6) is 0 Å². The number of halogens is 1. The molecule has 0 saturated carbocycles. The number of pyridine rings is 1. The first-order valence-electron chi connectivity index (χ1n) is 11.2. The maximum absolute atomic E-state index is 13.6. The van der Waals surface area contributed by atoms with E-state index < -0.39 is 17.5 Å². The molecule has 2 fully saturated rings. The van der Waals surface area contributed by atoms with Crippen molar-refractivity contribution in [2.24, 2.45) is 0 Å². The molecular weight excluding hydrogens is 435 g/mol. The lowest BCUT2D eigenvalue weighted by molar-refractivity contribution is 0.0553. The van der Waals surface area contributed by atoms with Crippen molar-refractivity contribution >= 4 is 23.4 Å². The molecule has 2 saturated heterocycles. The van der Waals surface area contributed by atoms with Crippen molar-refractivity contribution in [2.75, 3.05) is 29.9 Å². The molecule has 0 aliphatic carbocycles. The molecule has 174 valence electrons. The second-order valence-electron chi connectivity index (χ2n) is 8.83. The van der Waals surface area contributed by atoms with Gasteiger partial charge in [-0.15, -0.1) is 0 Å². The van der Waals surface area contributed by atoms with Crippen LogP contribution in [0.2, 0.25) is 0 Å². The van der Waals surface area contributed by atoms with Crippen LogP contribution in [0, 0.1) is 12.7 Å². The van der Waals surface area contributed by atoms with E-state index in [0.29, 0.717) is 37.3 Å². The summed E-state index contributed by atoms with van der Waals surface area (Å²) in [6.07, 6.45) is 3.52. The van der Waals surface area contributed by atoms with Crippen molar-refractivity contribution in [1.82, 2.24) is 9.88 Å². The molecule has 0 unspecified atom stereocenters. The summed E-state index contributed by atoms with van der Waals surface area (Å²) in [4.78, 5) is 33.0. The number of ether oxygens (including phenoxy) is 1. The summed E-state index contributed by atoms with van der Waals surface area (Å²) < 4.78 is 19.4. The third kappa shape index (κ3) is 4.31. The molecule has 2 aliphatic heterocycles. The van der Waals surface area contributed by atoms with Gasteiger partial charge in [0, 0.05) is 43.2 Å². The molecule has 1 spiro atoms. The summed E-state index contributed by atoms with van der Waals surface area (Å²) in [5.41, 5.74) is 3.27. The normalized spacial score (nSPS) is 19.5. The van der Waals surface area contributed by atoms with Gasteiger partial charge < -0.3 is 15.0 Å². The number of carbonyl (C=O) groups is 2. The zero-order valence-electron chi connectivity index (χ0n) is 18.8. The van der Waals surface area contributed by atoms with Gasteiger partial charge in [-0.2, -0.15) is 0 Å². The molecular formula is C26H25FN4O3. The number of aryl methyl sites for hydroxylation is 1. The highest BCUT2D eigenvalue weighted by molar-refractivity contribution is 5.96. The van der Waals surface area contributed by atoms with Crippen molar-refractivity contribution in [3.05, 3.63) is 89.5 Å². The lowest BCUT2D eigenvalue weighted by Gasteiger charge is -2.22. The zero-order valence-corrected chi connectivity index (χ0v) is 18.8. The minimum atomic E-state index is -0.786. The van der Waals surface area contributed by atoms with E-state index in [1.807, 2.05) is 37.3 Å². The van der Waals surface area contributed by atoms with E-state index in [2.05, 4.69) is 10.3 Å². The molecule has 1 N–H and O–H groups in total. The molecule has 1 aromatic heterocycles. The zero-order chi connectivity index (χ0) is 23.7. The summed E-state index contributed by atoms with van der Waals surface area (Å²) in [7, 11) is 0. The third-order valence-electron chi connectivity index (χ3n) is 6.41. The first-order chi connectivity index (χ1) is 16.4.